The first-order valence-corrected chi connectivity index (χ1v) is 10.8. The summed E-state index contributed by atoms with van der Waals surface area (Å²) in [5, 5.41) is 5.44. The third-order valence-electron chi connectivity index (χ3n) is 3.86. The summed E-state index contributed by atoms with van der Waals surface area (Å²) >= 11 is 3.43. The van der Waals surface area contributed by atoms with Crippen LogP contribution in [-0.2, 0) is 20.4 Å². The number of carbonyl (C=O) groups excluding carboxylic acids is 1. The summed E-state index contributed by atoms with van der Waals surface area (Å²) in [5.41, 5.74) is 3.21. The minimum Gasteiger partial charge on any atom is -0.376 e. The van der Waals surface area contributed by atoms with E-state index in [4.69, 9.17) is 0 Å². The lowest BCUT2D eigenvalue weighted by Gasteiger charge is -2.11. The van der Waals surface area contributed by atoms with E-state index < -0.39 is 15.1 Å². The van der Waals surface area contributed by atoms with Crippen molar-refractivity contribution >= 4 is 43.0 Å². The van der Waals surface area contributed by atoms with Gasteiger partial charge in [0.1, 0.15) is 0 Å². The lowest BCUT2D eigenvalue weighted by Crippen LogP contribution is -2.22. The Balaban J connectivity index is 1.97. The molecule has 0 aliphatic carbocycles. The van der Waals surface area contributed by atoms with Crippen molar-refractivity contribution in [3.05, 3.63) is 58.1 Å². The number of carbonyl (C=O) groups is 1. The van der Waals surface area contributed by atoms with Crippen LogP contribution in [-0.4, -0.2) is 26.1 Å². The molecule has 2 aromatic carbocycles. The topological polar surface area (TPSA) is 75.3 Å². The van der Waals surface area contributed by atoms with Crippen LogP contribution in [0.1, 0.15) is 25.0 Å². The first-order valence-electron chi connectivity index (χ1n) is 8.28. The molecule has 0 radical (unpaired) electrons. The minimum atomic E-state index is -3.16. The lowest BCUT2D eigenvalue weighted by atomic mass is 10.2. The van der Waals surface area contributed by atoms with E-state index >= 15 is 0 Å². The number of hydrogen-bond donors (Lipinski definition) is 2. The van der Waals surface area contributed by atoms with Gasteiger partial charge in [0.15, 0.2) is 9.84 Å². The molecule has 0 fully saturated rings. The number of halogens is 1. The molecule has 0 spiro atoms. The van der Waals surface area contributed by atoms with Crippen LogP contribution in [0, 0.1) is 6.92 Å². The largest absolute Gasteiger partial charge is 0.376 e. The average molecular weight is 439 g/mol. The standard InChI is InChI=1S/C19H23BrN2O3S/c1-13(2)26(24,25)12-15-5-4-6-16(10-15)21-11-19(23)22-18-8-7-14(3)9-17(18)20/h4-10,13,21H,11-12H2,1-3H3,(H,22,23). The number of anilines is 2. The van der Waals surface area contributed by atoms with Gasteiger partial charge in [-0.1, -0.05) is 18.2 Å². The summed E-state index contributed by atoms with van der Waals surface area (Å²) < 4.78 is 24.9. The fourth-order valence-electron chi connectivity index (χ4n) is 2.27. The van der Waals surface area contributed by atoms with Crippen LogP contribution in [0.25, 0.3) is 0 Å². The maximum Gasteiger partial charge on any atom is 0.243 e. The van der Waals surface area contributed by atoms with Crippen LogP contribution in [0.3, 0.4) is 0 Å². The second-order valence-electron chi connectivity index (χ2n) is 6.44. The monoisotopic (exact) mass is 438 g/mol. The van der Waals surface area contributed by atoms with Gasteiger partial charge in [-0.3, -0.25) is 4.79 Å². The molecule has 2 N–H and O–H groups in total. The second kappa shape index (κ2) is 8.68. The molecule has 5 nitrogen and oxygen atoms in total. The molecule has 2 aromatic rings. The molecule has 0 unspecified atom stereocenters. The molecule has 0 atom stereocenters. The molecular formula is C19H23BrN2O3S. The zero-order valence-electron chi connectivity index (χ0n) is 15.0. The van der Waals surface area contributed by atoms with E-state index in [2.05, 4.69) is 26.6 Å². The van der Waals surface area contributed by atoms with E-state index in [1.807, 2.05) is 25.1 Å². The molecule has 0 bridgehead atoms. The van der Waals surface area contributed by atoms with Gasteiger partial charge < -0.3 is 10.6 Å². The molecule has 140 valence electrons. The number of benzene rings is 2. The van der Waals surface area contributed by atoms with Gasteiger partial charge in [-0.05, 0) is 72.1 Å². The minimum absolute atomic E-state index is 0.0112. The third kappa shape index (κ3) is 5.85. The zero-order chi connectivity index (χ0) is 19.3. The van der Waals surface area contributed by atoms with Crippen LogP contribution < -0.4 is 10.6 Å². The van der Waals surface area contributed by atoms with Gasteiger partial charge in [-0.2, -0.15) is 0 Å². The van der Waals surface area contributed by atoms with Crippen molar-refractivity contribution in [1.29, 1.82) is 0 Å². The molecule has 0 aliphatic heterocycles. The number of rotatable bonds is 7. The van der Waals surface area contributed by atoms with Crippen LogP contribution in [0.2, 0.25) is 0 Å². The average Bonchev–Trinajstić information content (AvgIpc) is 2.55. The van der Waals surface area contributed by atoms with Gasteiger partial charge in [0.05, 0.1) is 23.2 Å². The van der Waals surface area contributed by atoms with E-state index in [9.17, 15) is 13.2 Å². The van der Waals surface area contributed by atoms with Crippen LogP contribution >= 0.6 is 15.9 Å². The fraction of sp³-hybridized carbons (Fsp3) is 0.316. The molecule has 2 rings (SSSR count). The first-order chi connectivity index (χ1) is 12.2. The number of aryl methyl sites for hydroxylation is 1. The molecule has 26 heavy (non-hydrogen) atoms. The van der Waals surface area contributed by atoms with Gasteiger partial charge in [-0.25, -0.2) is 8.42 Å². The normalized spacial score (nSPS) is 11.4. The number of nitrogens with one attached hydrogen (secondary N) is 2. The quantitative estimate of drug-likeness (QED) is 0.680. The number of amides is 1. The second-order valence-corrected chi connectivity index (χ2v) is 9.85. The highest BCUT2D eigenvalue weighted by atomic mass is 79.9. The van der Waals surface area contributed by atoms with E-state index in [1.165, 1.54) is 0 Å². The van der Waals surface area contributed by atoms with E-state index in [1.54, 1.807) is 38.1 Å². The summed E-state index contributed by atoms with van der Waals surface area (Å²) in [4.78, 5) is 12.1. The molecule has 0 heterocycles. The first kappa shape index (κ1) is 20.5. The predicted octanol–water partition coefficient (Wildman–Crippen LogP) is 4.13. The predicted molar refractivity (Wildman–Crippen MR) is 110 cm³/mol. The maximum absolute atomic E-state index is 12.1. The molecule has 1 amide bonds. The SMILES string of the molecule is Cc1ccc(NC(=O)CNc2cccc(CS(=O)(=O)C(C)C)c2)c(Br)c1. The Labute approximate surface area is 163 Å². The maximum atomic E-state index is 12.1. The van der Waals surface area contributed by atoms with Gasteiger partial charge in [0.2, 0.25) is 5.91 Å². The lowest BCUT2D eigenvalue weighted by molar-refractivity contribution is -0.114. The van der Waals surface area contributed by atoms with Crippen LogP contribution in [0.15, 0.2) is 46.9 Å². The Morgan fingerprint density at radius 2 is 1.88 bits per heavy atom. The summed E-state index contributed by atoms with van der Waals surface area (Å²) in [6.45, 7) is 5.40. The summed E-state index contributed by atoms with van der Waals surface area (Å²) in [7, 11) is -3.16. The molecule has 0 aromatic heterocycles. The van der Waals surface area contributed by atoms with Crippen molar-refractivity contribution in [3.8, 4) is 0 Å². The summed E-state index contributed by atoms with van der Waals surface area (Å²) in [6, 6.07) is 12.8. The van der Waals surface area contributed by atoms with Crippen molar-refractivity contribution in [2.24, 2.45) is 0 Å². The summed E-state index contributed by atoms with van der Waals surface area (Å²) in [5.74, 6) is -0.197. The van der Waals surface area contributed by atoms with E-state index in [0.29, 0.717) is 16.9 Å². The fourth-order valence-corrected chi connectivity index (χ4v) is 3.84. The molecule has 0 saturated heterocycles. The molecular weight excluding hydrogens is 416 g/mol. The van der Waals surface area contributed by atoms with Crippen molar-refractivity contribution in [1.82, 2.24) is 0 Å². The Morgan fingerprint density at radius 3 is 2.54 bits per heavy atom. The van der Waals surface area contributed by atoms with Gasteiger partial charge in [0, 0.05) is 10.2 Å². The van der Waals surface area contributed by atoms with Gasteiger partial charge in [0.25, 0.3) is 0 Å². The van der Waals surface area contributed by atoms with Crippen molar-refractivity contribution in [2.45, 2.75) is 31.8 Å². The van der Waals surface area contributed by atoms with Crippen molar-refractivity contribution in [2.75, 3.05) is 17.2 Å². The van der Waals surface area contributed by atoms with Crippen LogP contribution in [0.5, 0.6) is 0 Å². The van der Waals surface area contributed by atoms with E-state index in [0.717, 1.165) is 10.0 Å². The highest BCUT2D eigenvalue weighted by Crippen LogP contribution is 2.23. The van der Waals surface area contributed by atoms with Crippen LogP contribution in [0.4, 0.5) is 11.4 Å². The zero-order valence-corrected chi connectivity index (χ0v) is 17.4. The Hall–Kier alpha value is -1.86. The van der Waals surface area contributed by atoms with Crippen molar-refractivity contribution in [3.63, 3.8) is 0 Å². The van der Waals surface area contributed by atoms with Gasteiger partial charge >= 0.3 is 0 Å². The third-order valence-corrected chi connectivity index (χ3v) is 6.69. The number of hydrogen-bond acceptors (Lipinski definition) is 4. The Morgan fingerprint density at radius 1 is 1.15 bits per heavy atom. The smallest absolute Gasteiger partial charge is 0.243 e. The Kier molecular flexibility index (Phi) is 6.83. The Bertz CT molecular complexity index is 895. The summed E-state index contributed by atoms with van der Waals surface area (Å²) in [6.07, 6.45) is 0. The molecule has 7 heteroatoms. The highest BCUT2D eigenvalue weighted by molar-refractivity contribution is 9.10. The number of sulfone groups is 1. The molecule has 0 saturated carbocycles. The van der Waals surface area contributed by atoms with E-state index in [-0.39, 0.29) is 18.2 Å². The molecule has 0 aliphatic rings. The highest BCUT2D eigenvalue weighted by Gasteiger charge is 2.16. The van der Waals surface area contributed by atoms with Crippen molar-refractivity contribution < 1.29 is 13.2 Å². The van der Waals surface area contributed by atoms with Gasteiger partial charge in [-0.15, -0.1) is 0 Å².